The summed E-state index contributed by atoms with van der Waals surface area (Å²) in [5.74, 6) is 6.58. The van der Waals surface area contributed by atoms with Crippen LogP contribution in [0.5, 0.6) is 0 Å². The van der Waals surface area contributed by atoms with Crippen molar-refractivity contribution in [2.24, 2.45) is 0 Å². The molecule has 1 heterocycles. The largest absolute Gasteiger partial charge is 0.330 e. The van der Waals surface area contributed by atoms with Crippen LogP contribution in [0.4, 0.5) is 0 Å². The molecule has 3 rings (SSSR count). The molecule has 3 aromatic rings. The average Bonchev–Trinajstić information content (AvgIpc) is 2.91. The molecule has 0 aliphatic rings. The fourth-order valence-electron chi connectivity index (χ4n) is 2.94. The molecule has 25 heavy (non-hydrogen) atoms. The molecule has 2 aromatic carbocycles. The van der Waals surface area contributed by atoms with Gasteiger partial charge in [-0.15, -0.1) is 0 Å². The highest BCUT2D eigenvalue weighted by Crippen LogP contribution is 2.30. The van der Waals surface area contributed by atoms with Crippen molar-refractivity contribution in [1.82, 2.24) is 4.57 Å². The number of carbonyl (C=O) groups is 1. The zero-order valence-electron chi connectivity index (χ0n) is 14.3. The molecule has 0 saturated heterocycles. The molecule has 0 unspecified atom stereocenters. The summed E-state index contributed by atoms with van der Waals surface area (Å²) in [6.07, 6.45) is 4.13. The fourth-order valence-corrected chi connectivity index (χ4v) is 3.56. The zero-order chi connectivity index (χ0) is 17.6. The summed E-state index contributed by atoms with van der Waals surface area (Å²) in [7, 11) is 0. The van der Waals surface area contributed by atoms with E-state index in [-0.39, 0.29) is 0 Å². The minimum atomic E-state index is 0.674. The molecule has 1 aromatic heterocycles. The SMILES string of the molecule is CCCCC#Cc1ccccc1Cn1c(Br)c(C=O)c2ccccc21. The molecule has 0 radical (unpaired) electrons. The van der Waals surface area contributed by atoms with E-state index in [0.29, 0.717) is 12.1 Å². The monoisotopic (exact) mass is 393 g/mol. The molecule has 0 spiro atoms. The number of unbranched alkanes of at least 4 members (excludes halogenated alkanes) is 2. The lowest BCUT2D eigenvalue weighted by atomic mass is 10.1. The maximum absolute atomic E-state index is 11.5. The first-order valence-corrected chi connectivity index (χ1v) is 9.34. The molecule has 0 bridgehead atoms. The van der Waals surface area contributed by atoms with Crippen molar-refractivity contribution >= 4 is 33.1 Å². The summed E-state index contributed by atoms with van der Waals surface area (Å²) in [5, 5.41) is 0.968. The van der Waals surface area contributed by atoms with Crippen LogP contribution >= 0.6 is 15.9 Å². The standard InChI is InChI=1S/C22H20BrNO/c1-2-3-4-5-10-17-11-6-7-12-18(17)15-24-21-14-9-8-13-19(21)20(16-25)22(24)23/h6-9,11-14,16H,2-4,15H2,1H3. The Kier molecular flexibility index (Phi) is 5.73. The maximum atomic E-state index is 11.5. The van der Waals surface area contributed by atoms with Gasteiger partial charge in [0.25, 0.3) is 0 Å². The van der Waals surface area contributed by atoms with E-state index in [1.54, 1.807) is 0 Å². The van der Waals surface area contributed by atoms with E-state index in [2.05, 4.69) is 51.4 Å². The van der Waals surface area contributed by atoms with Crippen molar-refractivity contribution in [2.75, 3.05) is 0 Å². The minimum absolute atomic E-state index is 0.674. The Morgan fingerprint density at radius 1 is 1.12 bits per heavy atom. The Morgan fingerprint density at radius 3 is 2.68 bits per heavy atom. The highest BCUT2D eigenvalue weighted by atomic mass is 79.9. The molecule has 126 valence electrons. The molecule has 0 saturated carbocycles. The van der Waals surface area contributed by atoms with Crippen LogP contribution in [-0.2, 0) is 6.54 Å². The lowest BCUT2D eigenvalue weighted by molar-refractivity contribution is 0.112. The Morgan fingerprint density at radius 2 is 1.88 bits per heavy atom. The number of halogens is 1. The van der Waals surface area contributed by atoms with Gasteiger partial charge in [0, 0.05) is 29.4 Å². The number of nitrogens with zero attached hydrogens (tertiary/aromatic N) is 1. The summed E-state index contributed by atoms with van der Waals surface area (Å²) in [4.78, 5) is 11.5. The van der Waals surface area contributed by atoms with E-state index < -0.39 is 0 Å². The average molecular weight is 394 g/mol. The van der Waals surface area contributed by atoms with Gasteiger partial charge in [0.2, 0.25) is 0 Å². The van der Waals surface area contributed by atoms with E-state index in [0.717, 1.165) is 52.2 Å². The summed E-state index contributed by atoms with van der Waals surface area (Å²) >= 11 is 3.61. The van der Waals surface area contributed by atoms with Gasteiger partial charge in [0.05, 0.1) is 10.2 Å². The number of hydrogen-bond donors (Lipinski definition) is 0. The predicted octanol–water partition coefficient (Wildman–Crippen LogP) is 5.81. The van der Waals surface area contributed by atoms with Crippen LogP contribution in [0.1, 0.15) is 47.7 Å². The van der Waals surface area contributed by atoms with Gasteiger partial charge in [-0.2, -0.15) is 0 Å². The quantitative estimate of drug-likeness (QED) is 0.304. The van der Waals surface area contributed by atoms with Gasteiger partial charge in [0.15, 0.2) is 6.29 Å². The Bertz CT molecular complexity index is 959. The van der Waals surface area contributed by atoms with Crippen LogP contribution in [0.25, 0.3) is 10.9 Å². The normalized spacial score (nSPS) is 10.5. The lowest BCUT2D eigenvalue weighted by Crippen LogP contribution is -2.02. The number of para-hydroxylation sites is 1. The van der Waals surface area contributed by atoms with E-state index in [9.17, 15) is 4.79 Å². The second-order valence-electron chi connectivity index (χ2n) is 5.99. The highest BCUT2D eigenvalue weighted by Gasteiger charge is 2.15. The second-order valence-corrected chi connectivity index (χ2v) is 6.74. The number of aromatic nitrogens is 1. The van der Waals surface area contributed by atoms with Gasteiger partial charge in [-0.25, -0.2) is 0 Å². The fraction of sp³-hybridized carbons (Fsp3) is 0.227. The van der Waals surface area contributed by atoms with Gasteiger partial charge in [-0.1, -0.05) is 61.6 Å². The van der Waals surface area contributed by atoms with Crippen molar-refractivity contribution in [3.8, 4) is 11.8 Å². The predicted molar refractivity (Wildman–Crippen MR) is 107 cm³/mol. The van der Waals surface area contributed by atoms with E-state index >= 15 is 0 Å². The van der Waals surface area contributed by atoms with Crippen molar-refractivity contribution in [1.29, 1.82) is 0 Å². The topological polar surface area (TPSA) is 22.0 Å². The summed E-state index contributed by atoms with van der Waals surface area (Å²) in [6, 6.07) is 16.2. The first-order chi connectivity index (χ1) is 12.3. The number of rotatable bonds is 5. The van der Waals surface area contributed by atoms with E-state index in [1.165, 1.54) is 0 Å². The molecule has 0 fully saturated rings. The Labute approximate surface area is 157 Å². The number of aldehydes is 1. The molecular formula is C22H20BrNO. The van der Waals surface area contributed by atoms with Crippen LogP contribution in [0, 0.1) is 11.8 Å². The molecule has 0 N–H and O–H groups in total. The zero-order valence-corrected chi connectivity index (χ0v) is 15.8. The molecule has 2 nitrogen and oxygen atoms in total. The van der Waals surface area contributed by atoms with Crippen LogP contribution in [0.15, 0.2) is 53.1 Å². The third-order valence-electron chi connectivity index (χ3n) is 4.29. The summed E-state index contributed by atoms with van der Waals surface area (Å²) in [5.41, 5.74) is 3.95. The third kappa shape index (κ3) is 3.70. The molecule has 0 atom stereocenters. The molecular weight excluding hydrogens is 374 g/mol. The minimum Gasteiger partial charge on any atom is -0.330 e. The smallest absolute Gasteiger partial charge is 0.153 e. The Balaban J connectivity index is 2.01. The number of benzene rings is 2. The van der Waals surface area contributed by atoms with Gasteiger partial charge in [0.1, 0.15) is 0 Å². The van der Waals surface area contributed by atoms with E-state index in [1.807, 2.05) is 36.4 Å². The number of carbonyl (C=O) groups excluding carboxylic acids is 1. The van der Waals surface area contributed by atoms with Gasteiger partial charge in [-0.05, 0) is 40.0 Å². The van der Waals surface area contributed by atoms with Crippen LogP contribution in [0.2, 0.25) is 0 Å². The molecule has 0 aliphatic carbocycles. The van der Waals surface area contributed by atoms with Gasteiger partial charge in [-0.3, -0.25) is 4.79 Å². The number of hydrogen-bond acceptors (Lipinski definition) is 1. The lowest BCUT2D eigenvalue weighted by Gasteiger charge is -2.09. The van der Waals surface area contributed by atoms with Gasteiger partial charge < -0.3 is 4.57 Å². The highest BCUT2D eigenvalue weighted by molar-refractivity contribution is 9.10. The van der Waals surface area contributed by atoms with Gasteiger partial charge >= 0.3 is 0 Å². The first-order valence-electron chi connectivity index (χ1n) is 8.55. The Hall–Kier alpha value is -2.31. The number of fused-ring (bicyclic) bond motifs is 1. The van der Waals surface area contributed by atoms with Crippen LogP contribution in [-0.4, -0.2) is 10.9 Å². The van der Waals surface area contributed by atoms with Crippen LogP contribution < -0.4 is 0 Å². The molecule has 0 amide bonds. The summed E-state index contributed by atoms with van der Waals surface area (Å²) in [6.45, 7) is 2.85. The molecule has 0 aliphatic heterocycles. The van der Waals surface area contributed by atoms with Crippen molar-refractivity contribution in [2.45, 2.75) is 32.7 Å². The maximum Gasteiger partial charge on any atom is 0.153 e. The van der Waals surface area contributed by atoms with Crippen molar-refractivity contribution in [3.63, 3.8) is 0 Å². The third-order valence-corrected chi connectivity index (χ3v) is 5.14. The van der Waals surface area contributed by atoms with Crippen LogP contribution in [0.3, 0.4) is 0 Å². The summed E-state index contributed by atoms with van der Waals surface area (Å²) < 4.78 is 2.95. The first kappa shape index (κ1) is 17.5. The molecule has 3 heteroatoms. The van der Waals surface area contributed by atoms with Crippen molar-refractivity contribution in [3.05, 3.63) is 69.8 Å². The van der Waals surface area contributed by atoms with Crippen molar-refractivity contribution < 1.29 is 4.79 Å². The second kappa shape index (κ2) is 8.18. The van der Waals surface area contributed by atoms with E-state index in [4.69, 9.17) is 0 Å².